The lowest BCUT2D eigenvalue weighted by Gasteiger charge is -2.36. The molecule has 3 aliphatic heterocycles. The van der Waals surface area contributed by atoms with Gasteiger partial charge in [-0.1, -0.05) is 18.9 Å². The van der Waals surface area contributed by atoms with Crippen molar-refractivity contribution in [1.29, 1.82) is 0 Å². The first kappa shape index (κ1) is 24.1. The van der Waals surface area contributed by atoms with Crippen LogP contribution in [-0.4, -0.2) is 83.1 Å². The molecule has 2 fully saturated rings. The van der Waals surface area contributed by atoms with E-state index in [0.29, 0.717) is 43.4 Å². The lowest BCUT2D eigenvalue weighted by Crippen LogP contribution is -2.48. The average Bonchev–Trinajstić information content (AvgIpc) is 3.36. The third kappa shape index (κ3) is 4.59. The van der Waals surface area contributed by atoms with E-state index < -0.39 is 10.0 Å². The number of hydrogen-bond donors (Lipinski definition) is 0. The molecule has 6 rings (SSSR count). The first-order valence-corrected chi connectivity index (χ1v) is 15.0. The summed E-state index contributed by atoms with van der Waals surface area (Å²) < 4.78 is 34.2. The van der Waals surface area contributed by atoms with Gasteiger partial charge in [-0.25, -0.2) is 8.42 Å². The van der Waals surface area contributed by atoms with E-state index in [1.807, 2.05) is 13.1 Å². The Morgan fingerprint density at radius 2 is 1.58 bits per heavy atom. The van der Waals surface area contributed by atoms with Crippen molar-refractivity contribution < 1.29 is 13.2 Å². The van der Waals surface area contributed by atoms with Crippen LogP contribution < -0.4 is 14.5 Å². The van der Waals surface area contributed by atoms with E-state index in [2.05, 4.69) is 32.9 Å². The molecule has 0 N–H and O–H groups in total. The maximum absolute atomic E-state index is 13.4. The summed E-state index contributed by atoms with van der Waals surface area (Å²) in [5.74, 6) is 0.653. The Morgan fingerprint density at radius 3 is 2.36 bits per heavy atom. The van der Waals surface area contributed by atoms with Gasteiger partial charge in [0, 0.05) is 64.1 Å². The molecular formula is C28H38N4O3S. The summed E-state index contributed by atoms with van der Waals surface area (Å²) in [6, 6.07) is 13.0. The maximum atomic E-state index is 13.4. The monoisotopic (exact) mass is 510 g/mol. The van der Waals surface area contributed by atoms with Crippen LogP contribution in [0.2, 0.25) is 0 Å². The fraction of sp³-hybridized carbons (Fsp3) is 0.571. The van der Waals surface area contributed by atoms with Crippen molar-refractivity contribution in [3.63, 3.8) is 0 Å². The van der Waals surface area contributed by atoms with E-state index in [1.165, 1.54) is 49.0 Å². The van der Waals surface area contributed by atoms with E-state index in [-0.39, 0.29) is 0 Å². The van der Waals surface area contributed by atoms with Gasteiger partial charge in [-0.2, -0.15) is 4.31 Å². The highest BCUT2D eigenvalue weighted by atomic mass is 32.2. The second-order valence-electron chi connectivity index (χ2n) is 10.7. The first-order chi connectivity index (χ1) is 17.5. The van der Waals surface area contributed by atoms with Crippen LogP contribution in [0.25, 0.3) is 0 Å². The molecule has 0 unspecified atom stereocenters. The number of fused-ring (bicyclic) bond motifs is 2. The largest absolute Gasteiger partial charge is 0.490 e. The van der Waals surface area contributed by atoms with Gasteiger partial charge in [-0.3, -0.25) is 4.90 Å². The van der Waals surface area contributed by atoms with Gasteiger partial charge >= 0.3 is 0 Å². The summed E-state index contributed by atoms with van der Waals surface area (Å²) in [6.45, 7) is 6.12. The van der Waals surface area contributed by atoms with E-state index in [0.717, 1.165) is 37.7 Å². The Balaban J connectivity index is 1.11. The molecule has 1 aliphatic carbocycles. The van der Waals surface area contributed by atoms with Crippen molar-refractivity contribution in [2.24, 2.45) is 0 Å². The Bertz CT molecular complexity index is 1200. The number of nitrogens with zero attached hydrogens (tertiary/aromatic N) is 4. The van der Waals surface area contributed by atoms with E-state index in [9.17, 15) is 8.42 Å². The summed E-state index contributed by atoms with van der Waals surface area (Å²) in [7, 11) is -1.55. The average molecular weight is 511 g/mol. The van der Waals surface area contributed by atoms with Gasteiger partial charge in [0.2, 0.25) is 10.0 Å². The molecule has 0 atom stereocenters. The predicted molar refractivity (Wildman–Crippen MR) is 144 cm³/mol. The van der Waals surface area contributed by atoms with Crippen LogP contribution in [0.5, 0.6) is 5.75 Å². The van der Waals surface area contributed by atoms with Crippen LogP contribution in [0, 0.1) is 0 Å². The summed E-state index contributed by atoms with van der Waals surface area (Å²) in [4.78, 5) is 7.49. The Hall–Kier alpha value is -2.29. The molecule has 2 aromatic rings. The standard InChI is InChI=1S/C28H38N4O3S/c1-29-18-19-35-28-21-26(8-9-27(28)29)36(33,34)32-16-14-31(15-17-32)25-7-6-22-10-12-30(13-11-23(22)20-25)24-4-2-3-5-24/h6-9,20-21,24H,2-5,10-19H2,1H3. The number of hydrogen-bond acceptors (Lipinski definition) is 6. The third-order valence-electron chi connectivity index (χ3n) is 8.64. The zero-order valence-electron chi connectivity index (χ0n) is 21.4. The minimum absolute atomic E-state index is 0.321. The SMILES string of the molecule is CN1CCOc2cc(S(=O)(=O)N3CCN(c4ccc5c(c4)CCN(C4CCCC4)CC5)CC3)ccc21. The summed E-state index contributed by atoms with van der Waals surface area (Å²) in [5.41, 5.74) is 5.13. The van der Waals surface area contributed by atoms with E-state index >= 15 is 0 Å². The van der Waals surface area contributed by atoms with Crippen molar-refractivity contribution in [3.05, 3.63) is 47.5 Å². The number of sulfonamides is 1. The Labute approximate surface area is 215 Å². The molecule has 1 saturated carbocycles. The number of rotatable bonds is 4. The third-order valence-corrected chi connectivity index (χ3v) is 10.5. The van der Waals surface area contributed by atoms with Crippen LogP contribution >= 0.6 is 0 Å². The molecule has 0 bridgehead atoms. The number of ether oxygens (including phenoxy) is 1. The molecule has 8 heteroatoms. The lowest BCUT2D eigenvalue weighted by atomic mass is 10.0. The second kappa shape index (κ2) is 9.88. The molecule has 2 aromatic carbocycles. The molecule has 0 aromatic heterocycles. The Morgan fingerprint density at radius 1 is 0.833 bits per heavy atom. The highest BCUT2D eigenvalue weighted by Crippen LogP contribution is 2.34. The minimum Gasteiger partial charge on any atom is -0.490 e. The predicted octanol–water partition coefficient (Wildman–Crippen LogP) is 3.37. The van der Waals surface area contributed by atoms with Crippen molar-refractivity contribution in [2.45, 2.75) is 49.5 Å². The zero-order chi connectivity index (χ0) is 24.7. The minimum atomic E-state index is -3.55. The van der Waals surface area contributed by atoms with Gasteiger partial charge in [0.25, 0.3) is 0 Å². The van der Waals surface area contributed by atoms with Gasteiger partial charge in [0.15, 0.2) is 0 Å². The quantitative estimate of drug-likeness (QED) is 0.629. The summed E-state index contributed by atoms with van der Waals surface area (Å²) in [5, 5.41) is 0. The van der Waals surface area contributed by atoms with Crippen molar-refractivity contribution in [2.75, 3.05) is 69.3 Å². The molecule has 0 spiro atoms. The molecular weight excluding hydrogens is 472 g/mol. The fourth-order valence-electron chi connectivity index (χ4n) is 6.39. The van der Waals surface area contributed by atoms with Crippen LogP contribution in [-0.2, 0) is 22.9 Å². The molecule has 1 saturated heterocycles. The number of likely N-dealkylation sites (N-methyl/N-ethyl adjacent to an activating group) is 1. The molecule has 4 aliphatic rings. The van der Waals surface area contributed by atoms with Gasteiger partial charge < -0.3 is 14.5 Å². The first-order valence-electron chi connectivity index (χ1n) is 13.6. The number of piperazine rings is 1. The molecule has 36 heavy (non-hydrogen) atoms. The highest BCUT2D eigenvalue weighted by molar-refractivity contribution is 7.89. The molecule has 194 valence electrons. The smallest absolute Gasteiger partial charge is 0.243 e. The lowest BCUT2D eigenvalue weighted by molar-refractivity contribution is 0.208. The topological polar surface area (TPSA) is 56.3 Å². The highest BCUT2D eigenvalue weighted by Gasteiger charge is 2.31. The van der Waals surface area contributed by atoms with Gasteiger partial charge in [-0.15, -0.1) is 0 Å². The molecule has 7 nitrogen and oxygen atoms in total. The van der Waals surface area contributed by atoms with E-state index in [4.69, 9.17) is 4.74 Å². The maximum Gasteiger partial charge on any atom is 0.243 e. The van der Waals surface area contributed by atoms with Crippen LogP contribution in [0.3, 0.4) is 0 Å². The molecule has 0 amide bonds. The molecule has 0 radical (unpaired) electrons. The van der Waals surface area contributed by atoms with Crippen LogP contribution in [0.4, 0.5) is 11.4 Å². The Kier molecular flexibility index (Phi) is 6.60. The fourth-order valence-corrected chi connectivity index (χ4v) is 7.83. The number of anilines is 2. The summed E-state index contributed by atoms with van der Waals surface area (Å²) in [6.07, 6.45) is 7.76. The van der Waals surface area contributed by atoms with Crippen LogP contribution in [0.15, 0.2) is 41.3 Å². The normalized spacial score (nSPS) is 22.1. The second-order valence-corrected chi connectivity index (χ2v) is 12.7. The van der Waals surface area contributed by atoms with Crippen molar-refractivity contribution in [3.8, 4) is 5.75 Å². The van der Waals surface area contributed by atoms with Gasteiger partial charge in [0.1, 0.15) is 12.4 Å². The molecule has 3 heterocycles. The van der Waals surface area contributed by atoms with Crippen molar-refractivity contribution in [1.82, 2.24) is 9.21 Å². The van der Waals surface area contributed by atoms with Crippen LogP contribution in [0.1, 0.15) is 36.8 Å². The van der Waals surface area contributed by atoms with Gasteiger partial charge in [0.05, 0.1) is 17.1 Å². The summed E-state index contributed by atoms with van der Waals surface area (Å²) >= 11 is 0. The van der Waals surface area contributed by atoms with Gasteiger partial charge in [-0.05, 0) is 61.1 Å². The number of benzene rings is 2. The van der Waals surface area contributed by atoms with E-state index in [1.54, 1.807) is 16.4 Å². The zero-order valence-corrected chi connectivity index (χ0v) is 22.2. The van der Waals surface area contributed by atoms with Crippen molar-refractivity contribution >= 4 is 21.4 Å².